The van der Waals surface area contributed by atoms with Crippen LogP contribution in [0.1, 0.15) is 28.5 Å². The molecule has 0 bridgehead atoms. The largest absolute Gasteiger partial charge is 0.387 e. The van der Waals surface area contributed by atoms with Crippen molar-refractivity contribution in [1.29, 1.82) is 0 Å². The number of benzene rings is 2. The molecular weight excluding hydrogens is 360 g/mol. The van der Waals surface area contributed by atoms with E-state index in [9.17, 15) is 10.2 Å². The predicted molar refractivity (Wildman–Crippen MR) is 101 cm³/mol. The first-order chi connectivity index (χ1) is 13.5. The van der Waals surface area contributed by atoms with Crippen LogP contribution in [-0.4, -0.2) is 47.5 Å². The molecule has 6 atom stereocenters. The lowest BCUT2D eigenvalue weighted by Crippen LogP contribution is -2.62. The number of hydrogen-bond acceptors (Lipinski definition) is 6. The zero-order valence-corrected chi connectivity index (χ0v) is 16.0. The highest BCUT2D eigenvalue weighted by atomic mass is 16.8. The van der Waals surface area contributed by atoms with Crippen molar-refractivity contribution in [3.63, 3.8) is 0 Å². The highest BCUT2D eigenvalue weighted by Crippen LogP contribution is 2.34. The molecule has 0 spiro atoms. The second-order valence-corrected chi connectivity index (χ2v) is 7.50. The van der Waals surface area contributed by atoms with Crippen LogP contribution in [0.15, 0.2) is 48.5 Å². The molecule has 2 N–H and O–H groups in total. The first-order valence-corrected chi connectivity index (χ1v) is 9.53. The third kappa shape index (κ3) is 4.12. The van der Waals surface area contributed by atoms with Crippen LogP contribution in [0.3, 0.4) is 0 Å². The van der Waals surface area contributed by atoms with Crippen molar-refractivity contribution < 1.29 is 29.2 Å². The monoisotopic (exact) mass is 386 g/mol. The minimum Gasteiger partial charge on any atom is -0.387 e. The molecule has 2 aliphatic rings. The molecular formula is C22H26O6. The summed E-state index contributed by atoms with van der Waals surface area (Å²) in [5.41, 5.74) is 4.13. The van der Waals surface area contributed by atoms with Gasteiger partial charge in [-0.15, -0.1) is 0 Å². The van der Waals surface area contributed by atoms with Gasteiger partial charge in [-0.05, 0) is 19.4 Å². The summed E-state index contributed by atoms with van der Waals surface area (Å²) in [6, 6.07) is 15.7. The Morgan fingerprint density at radius 3 is 2.21 bits per heavy atom. The molecule has 2 saturated heterocycles. The molecule has 0 amide bonds. The summed E-state index contributed by atoms with van der Waals surface area (Å²) in [5.74, 6) is 0. The molecule has 0 aliphatic carbocycles. The van der Waals surface area contributed by atoms with Crippen LogP contribution >= 0.6 is 0 Å². The lowest BCUT2D eigenvalue weighted by molar-refractivity contribution is -0.362. The molecule has 0 unspecified atom stereocenters. The average Bonchev–Trinajstić information content (AvgIpc) is 2.71. The van der Waals surface area contributed by atoms with Gasteiger partial charge in [0.05, 0.1) is 13.2 Å². The van der Waals surface area contributed by atoms with E-state index < -0.39 is 37.0 Å². The fourth-order valence-corrected chi connectivity index (χ4v) is 3.47. The van der Waals surface area contributed by atoms with Gasteiger partial charge in [0.2, 0.25) is 0 Å². The van der Waals surface area contributed by atoms with Gasteiger partial charge in [-0.3, -0.25) is 0 Å². The molecule has 2 aliphatic heterocycles. The van der Waals surface area contributed by atoms with Crippen LogP contribution in [0.2, 0.25) is 0 Å². The number of hydrogen-bond donors (Lipinski definition) is 2. The van der Waals surface area contributed by atoms with Crippen molar-refractivity contribution in [3.8, 4) is 0 Å². The van der Waals surface area contributed by atoms with Crippen molar-refractivity contribution in [2.24, 2.45) is 0 Å². The lowest BCUT2D eigenvalue weighted by Gasteiger charge is -2.46. The van der Waals surface area contributed by atoms with E-state index in [4.69, 9.17) is 18.9 Å². The Morgan fingerprint density at radius 2 is 1.54 bits per heavy atom. The maximum absolute atomic E-state index is 10.6. The highest BCUT2D eigenvalue weighted by molar-refractivity contribution is 5.23. The van der Waals surface area contributed by atoms with Crippen LogP contribution in [0, 0.1) is 13.8 Å². The van der Waals surface area contributed by atoms with Crippen LogP contribution in [0.4, 0.5) is 0 Å². The van der Waals surface area contributed by atoms with Crippen molar-refractivity contribution in [2.45, 2.75) is 57.5 Å². The van der Waals surface area contributed by atoms with Crippen LogP contribution in [-0.2, 0) is 25.6 Å². The van der Waals surface area contributed by atoms with Crippen molar-refractivity contribution in [3.05, 3.63) is 70.8 Å². The Balaban J connectivity index is 1.39. The smallest absolute Gasteiger partial charge is 0.187 e. The first kappa shape index (κ1) is 19.5. The Morgan fingerprint density at radius 1 is 0.893 bits per heavy atom. The number of fused-ring (bicyclic) bond motifs is 1. The number of aliphatic hydroxyl groups is 2. The summed E-state index contributed by atoms with van der Waals surface area (Å²) >= 11 is 0. The SMILES string of the molecule is Cc1ccc(CO[C@@H]2O[C@@H]3CO[C@@H](c4ccc(C)cc4)O[C@H]3[C@H](O)[C@H]2O)cc1. The Kier molecular flexibility index (Phi) is 5.78. The summed E-state index contributed by atoms with van der Waals surface area (Å²) in [7, 11) is 0. The first-order valence-electron chi connectivity index (χ1n) is 9.53. The fourth-order valence-electron chi connectivity index (χ4n) is 3.47. The van der Waals surface area contributed by atoms with Gasteiger partial charge in [-0.1, -0.05) is 59.7 Å². The van der Waals surface area contributed by atoms with Crippen molar-refractivity contribution in [2.75, 3.05) is 6.61 Å². The maximum Gasteiger partial charge on any atom is 0.187 e. The summed E-state index contributed by atoms with van der Waals surface area (Å²) in [4.78, 5) is 0. The fraction of sp³-hybridized carbons (Fsp3) is 0.455. The molecule has 2 heterocycles. The van der Waals surface area contributed by atoms with Gasteiger partial charge in [0.25, 0.3) is 0 Å². The molecule has 6 nitrogen and oxygen atoms in total. The van der Waals surface area contributed by atoms with Crippen molar-refractivity contribution >= 4 is 0 Å². The van der Waals surface area contributed by atoms with Gasteiger partial charge in [0.1, 0.15) is 24.4 Å². The Hall–Kier alpha value is -1.80. The number of rotatable bonds is 4. The van der Waals surface area contributed by atoms with Gasteiger partial charge in [0, 0.05) is 5.56 Å². The molecule has 0 aromatic heterocycles. The molecule has 0 radical (unpaired) electrons. The predicted octanol–water partition coefficient (Wildman–Crippen LogP) is 2.38. The zero-order chi connectivity index (χ0) is 19.7. The molecule has 0 saturated carbocycles. The summed E-state index contributed by atoms with van der Waals surface area (Å²) < 4.78 is 23.3. The molecule has 6 heteroatoms. The molecule has 28 heavy (non-hydrogen) atoms. The highest BCUT2D eigenvalue weighted by Gasteiger charge is 2.49. The molecule has 2 aromatic carbocycles. The van der Waals surface area contributed by atoms with Crippen molar-refractivity contribution in [1.82, 2.24) is 0 Å². The van der Waals surface area contributed by atoms with Crippen LogP contribution in [0.5, 0.6) is 0 Å². The molecule has 2 fully saturated rings. The van der Waals surface area contributed by atoms with E-state index in [-0.39, 0.29) is 13.2 Å². The lowest BCUT2D eigenvalue weighted by atomic mass is 9.98. The van der Waals surface area contributed by atoms with E-state index in [1.807, 2.05) is 62.4 Å². The third-order valence-corrected chi connectivity index (χ3v) is 5.22. The van der Waals surface area contributed by atoms with Crippen LogP contribution in [0.25, 0.3) is 0 Å². The van der Waals surface area contributed by atoms with E-state index >= 15 is 0 Å². The van der Waals surface area contributed by atoms with E-state index in [2.05, 4.69) is 0 Å². The Labute approximate surface area is 164 Å². The van der Waals surface area contributed by atoms with Crippen LogP contribution < -0.4 is 0 Å². The van der Waals surface area contributed by atoms with Gasteiger partial charge < -0.3 is 29.2 Å². The van der Waals surface area contributed by atoms with E-state index in [1.54, 1.807) is 0 Å². The normalized spacial score (nSPS) is 32.7. The summed E-state index contributed by atoms with van der Waals surface area (Å²) in [6.07, 6.45) is -5.07. The minimum atomic E-state index is -1.21. The second-order valence-electron chi connectivity index (χ2n) is 7.50. The molecule has 4 rings (SSSR count). The quantitative estimate of drug-likeness (QED) is 0.840. The van der Waals surface area contributed by atoms with Gasteiger partial charge in [-0.2, -0.15) is 0 Å². The topological polar surface area (TPSA) is 77.4 Å². The Bertz CT molecular complexity index is 773. The third-order valence-electron chi connectivity index (χ3n) is 5.22. The number of aryl methyl sites for hydroxylation is 2. The standard InChI is InChI=1S/C22H26O6/c1-13-3-7-15(8-4-13)11-25-22-19(24)18(23)20-17(27-22)12-26-21(28-20)16-9-5-14(2)6-10-16/h3-10,17-24H,11-12H2,1-2H3/t17-,18-,19-,20-,21-,22-/m1/s1. The summed E-state index contributed by atoms with van der Waals surface area (Å²) in [5, 5.41) is 21.1. The summed E-state index contributed by atoms with van der Waals surface area (Å²) in [6.45, 7) is 4.55. The number of ether oxygens (including phenoxy) is 4. The minimum absolute atomic E-state index is 0.247. The molecule has 150 valence electrons. The molecule has 2 aromatic rings. The van der Waals surface area contributed by atoms with E-state index in [0.29, 0.717) is 0 Å². The second kappa shape index (κ2) is 8.29. The van der Waals surface area contributed by atoms with E-state index in [1.165, 1.54) is 0 Å². The van der Waals surface area contributed by atoms with Gasteiger partial charge in [0.15, 0.2) is 12.6 Å². The zero-order valence-electron chi connectivity index (χ0n) is 16.0. The van der Waals surface area contributed by atoms with Gasteiger partial charge >= 0.3 is 0 Å². The van der Waals surface area contributed by atoms with E-state index in [0.717, 1.165) is 22.3 Å². The van der Waals surface area contributed by atoms with Gasteiger partial charge in [-0.25, -0.2) is 0 Å². The maximum atomic E-state index is 10.6. The average molecular weight is 386 g/mol. The number of aliphatic hydroxyl groups excluding tert-OH is 2.